The number of rotatable bonds is 10. The molecule has 0 aliphatic carbocycles. The number of aliphatic hydroxyl groups is 1. The molecule has 1 aliphatic rings. The third kappa shape index (κ3) is 6.12. The summed E-state index contributed by atoms with van der Waals surface area (Å²) < 4.78 is 25.9. The largest absolute Gasteiger partial charge is 0.507 e. The molecule has 0 radical (unpaired) electrons. The number of halogens is 1. The maximum Gasteiger partial charge on any atom is 0.295 e. The van der Waals surface area contributed by atoms with Gasteiger partial charge in [-0.2, -0.15) is 0 Å². The molecule has 1 heterocycles. The summed E-state index contributed by atoms with van der Waals surface area (Å²) in [5.41, 5.74) is 2.00. The van der Waals surface area contributed by atoms with Gasteiger partial charge in [0.1, 0.15) is 18.2 Å². The van der Waals surface area contributed by atoms with E-state index in [1.807, 2.05) is 49.3 Å². The number of likely N-dealkylation sites (tertiary alicyclic amines) is 1. The Balaban J connectivity index is 1.75. The lowest BCUT2D eigenvalue weighted by atomic mass is 9.94. The average Bonchev–Trinajstić information content (AvgIpc) is 3.18. The fourth-order valence-electron chi connectivity index (χ4n) is 4.62. The number of ether oxygens (including phenoxy) is 2. The predicted molar refractivity (Wildman–Crippen MR) is 147 cm³/mol. The minimum Gasteiger partial charge on any atom is -0.507 e. The molecular formula is C31H33FN2O5. The molecule has 1 aliphatic heterocycles. The van der Waals surface area contributed by atoms with Gasteiger partial charge in [0.25, 0.3) is 11.7 Å². The van der Waals surface area contributed by atoms with E-state index in [0.29, 0.717) is 48.7 Å². The Hall–Kier alpha value is -4.17. The maximum absolute atomic E-state index is 14.3. The second kappa shape index (κ2) is 12.1. The van der Waals surface area contributed by atoms with E-state index in [4.69, 9.17) is 9.47 Å². The first-order valence-electron chi connectivity index (χ1n) is 12.8. The molecule has 1 fully saturated rings. The molecule has 3 aromatic rings. The van der Waals surface area contributed by atoms with E-state index in [9.17, 15) is 19.1 Å². The molecule has 39 heavy (non-hydrogen) atoms. The van der Waals surface area contributed by atoms with E-state index in [1.165, 1.54) is 30.2 Å². The molecule has 1 amide bonds. The van der Waals surface area contributed by atoms with Crippen LogP contribution in [0.5, 0.6) is 11.5 Å². The van der Waals surface area contributed by atoms with Crippen LogP contribution in [-0.2, 0) is 16.2 Å². The monoisotopic (exact) mass is 532 g/mol. The zero-order valence-corrected chi connectivity index (χ0v) is 22.6. The van der Waals surface area contributed by atoms with Crippen molar-refractivity contribution in [3.05, 3.63) is 100 Å². The summed E-state index contributed by atoms with van der Waals surface area (Å²) in [5.74, 6) is -1.55. The van der Waals surface area contributed by atoms with Crippen LogP contribution < -0.4 is 9.47 Å². The number of carbonyl (C=O) groups is 2. The van der Waals surface area contributed by atoms with Crippen molar-refractivity contribution in [2.24, 2.45) is 0 Å². The average molecular weight is 533 g/mol. The molecule has 0 unspecified atom stereocenters. The van der Waals surface area contributed by atoms with Crippen molar-refractivity contribution >= 4 is 17.4 Å². The van der Waals surface area contributed by atoms with Crippen molar-refractivity contribution in [1.82, 2.24) is 9.80 Å². The van der Waals surface area contributed by atoms with Crippen molar-refractivity contribution in [1.29, 1.82) is 0 Å². The number of aliphatic hydroxyl groups excluding tert-OH is 1. The quantitative estimate of drug-likeness (QED) is 0.223. The van der Waals surface area contributed by atoms with Gasteiger partial charge in [-0.1, -0.05) is 48.5 Å². The lowest BCUT2D eigenvalue weighted by Gasteiger charge is -2.26. The summed E-state index contributed by atoms with van der Waals surface area (Å²) in [6, 6.07) is 18.2. The number of ketones is 1. The van der Waals surface area contributed by atoms with Gasteiger partial charge in [-0.25, -0.2) is 4.39 Å². The summed E-state index contributed by atoms with van der Waals surface area (Å²) in [6.45, 7) is 2.94. The van der Waals surface area contributed by atoms with E-state index < -0.39 is 29.3 Å². The molecule has 1 N–H and O–H groups in total. The molecule has 7 nitrogen and oxygen atoms in total. The van der Waals surface area contributed by atoms with Gasteiger partial charge in [0.05, 0.1) is 18.7 Å². The Morgan fingerprint density at radius 1 is 1.03 bits per heavy atom. The molecule has 1 atom stereocenters. The van der Waals surface area contributed by atoms with Crippen molar-refractivity contribution < 1.29 is 28.6 Å². The molecule has 1 saturated heterocycles. The van der Waals surface area contributed by atoms with Gasteiger partial charge in [0, 0.05) is 12.1 Å². The fraction of sp³-hybridized carbons (Fsp3) is 0.290. The highest BCUT2D eigenvalue weighted by molar-refractivity contribution is 6.46. The molecule has 3 aromatic carbocycles. The van der Waals surface area contributed by atoms with Crippen LogP contribution in [0.2, 0.25) is 0 Å². The van der Waals surface area contributed by atoms with E-state index in [-0.39, 0.29) is 11.1 Å². The van der Waals surface area contributed by atoms with E-state index >= 15 is 0 Å². The van der Waals surface area contributed by atoms with Crippen molar-refractivity contribution in [2.45, 2.75) is 26.0 Å². The smallest absolute Gasteiger partial charge is 0.295 e. The van der Waals surface area contributed by atoms with Crippen LogP contribution in [0.3, 0.4) is 0 Å². The molecule has 4 rings (SSSR count). The molecule has 204 valence electrons. The molecule has 0 saturated carbocycles. The second-order valence-corrected chi connectivity index (χ2v) is 9.80. The summed E-state index contributed by atoms with van der Waals surface area (Å²) >= 11 is 0. The highest BCUT2D eigenvalue weighted by Crippen LogP contribution is 2.42. The van der Waals surface area contributed by atoms with Gasteiger partial charge < -0.3 is 24.4 Å². The van der Waals surface area contributed by atoms with Crippen LogP contribution >= 0.6 is 0 Å². The zero-order chi connectivity index (χ0) is 28.1. The van der Waals surface area contributed by atoms with E-state index in [1.54, 1.807) is 25.1 Å². The number of aryl methyl sites for hydroxylation is 1. The summed E-state index contributed by atoms with van der Waals surface area (Å²) in [5, 5.41) is 11.2. The first-order chi connectivity index (χ1) is 18.7. The molecule has 0 bridgehead atoms. The molecule has 0 aromatic heterocycles. The van der Waals surface area contributed by atoms with Gasteiger partial charge >= 0.3 is 0 Å². The normalized spacial score (nSPS) is 16.7. The predicted octanol–water partition coefficient (Wildman–Crippen LogP) is 5.10. The van der Waals surface area contributed by atoms with Gasteiger partial charge in [-0.15, -0.1) is 0 Å². The molecule has 8 heteroatoms. The third-order valence-electron chi connectivity index (χ3n) is 6.73. The van der Waals surface area contributed by atoms with Gasteiger partial charge in [0.15, 0.2) is 11.5 Å². The van der Waals surface area contributed by atoms with E-state index in [0.717, 1.165) is 5.56 Å². The maximum atomic E-state index is 14.3. The second-order valence-electron chi connectivity index (χ2n) is 9.80. The summed E-state index contributed by atoms with van der Waals surface area (Å²) in [6.07, 6.45) is 0.616. The highest BCUT2D eigenvalue weighted by atomic mass is 19.1. The van der Waals surface area contributed by atoms with Crippen molar-refractivity contribution in [3.63, 3.8) is 0 Å². The molecule has 0 spiro atoms. The lowest BCUT2D eigenvalue weighted by molar-refractivity contribution is -0.139. The van der Waals surface area contributed by atoms with Crippen LogP contribution in [0.15, 0.2) is 72.3 Å². The van der Waals surface area contributed by atoms with Crippen LogP contribution in [0.4, 0.5) is 4.39 Å². The summed E-state index contributed by atoms with van der Waals surface area (Å²) in [7, 11) is 5.37. The number of hydrogen-bond donors (Lipinski definition) is 1. The minimum atomic E-state index is -0.881. The van der Waals surface area contributed by atoms with Crippen molar-refractivity contribution in [3.8, 4) is 11.5 Å². The SMILES string of the molecule is COc1cc([C@@H]2C(=C(O)c3ccc(C)c(F)c3)C(=O)C(=O)N2CCCN(C)C)ccc1OCc1ccccc1. The van der Waals surface area contributed by atoms with Crippen LogP contribution in [0.25, 0.3) is 5.76 Å². The Kier molecular flexibility index (Phi) is 8.66. The number of carbonyl (C=O) groups excluding carboxylic acids is 2. The topological polar surface area (TPSA) is 79.3 Å². The summed E-state index contributed by atoms with van der Waals surface area (Å²) in [4.78, 5) is 29.9. The minimum absolute atomic E-state index is 0.0897. The Bertz CT molecular complexity index is 1390. The number of methoxy groups -OCH3 is 1. The highest BCUT2D eigenvalue weighted by Gasteiger charge is 2.46. The number of Topliss-reactive ketones (excluding diaryl/α,β-unsaturated/α-hetero) is 1. The Morgan fingerprint density at radius 2 is 1.77 bits per heavy atom. The fourth-order valence-corrected chi connectivity index (χ4v) is 4.62. The standard InChI is InChI=1S/C31H33FN2O5/c1-20-11-12-23(17-24(20)32)29(35)27-28(34(31(37)30(27)36)16-8-15-33(2)3)22-13-14-25(26(18-22)38-4)39-19-21-9-6-5-7-10-21/h5-7,9-14,17-18,28,35H,8,15-16,19H2,1-4H3/t28-/m1/s1. The van der Waals surface area contributed by atoms with Gasteiger partial charge in [0.2, 0.25) is 0 Å². The number of benzene rings is 3. The van der Waals surface area contributed by atoms with Crippen molar-refractivity contribution in [2.75, 3.05) is 34.3 Å². The van der Waals surface area contributed by atoms with Gasteiger partial charge in [-0.05, 0) is 68.9 Å². The van der Waals surface area contributed by atoms with Crippen LogP contribution in [-0.4, -0.2) is 60.9 Å². The number of nitrogens with zero attached hydrogens (tertiary/aromatic N) is 2. The van der Waals surface area contributed by atoms with E-state index in [2.05, 4.69) is 0 Å². The lowest BCUT2D eigenvalue weighted by Crippen LogP contribution is -2.32. The Morgan fingerprint density at radius 3 is 2.44 bits per heavy atom. The zero-order valence-electron chi connectivity index (χ0n) is 22.6. The first kappa shape index (κ1) is 27.9. The Labute approximate surface area is 228 Å². The van der Waals surface area contributed by atoms with Crippen LogP contribution in [0, 0.1) is 12.7 Å². The van der Waals surface area contributed by atoms with Crippen LogP contribution in [0.1, 0.15) is 34.7 Å². The third-order valence-corrected chi connectivity index (χ3v) is 6.73. The molecular weight excluding hydrogens is 499 g/mol. The number of amides is 1. The first-order valence-corrected chi connectivity index (χ1v) is 12.8. The number of hydrogen-bond acceptors (Lipinski definition) is 6. The van der Waals surface area contributed by atoms with Gasteiger partial charge in [-0.3, -0.25) is 9.59 Å².